The molecule has 9 heteroatoms. The van der Waals surface area contributed by atoms with Crippen molar-refractivity contribution in [1.29, 1.82) is 0 Å². The summed E-state index contributed by atoms with van der Waals surface area (Å²) in [5.41, 5.74) is -0.761. The topological polar surface area (TPSA) is 91.1 Å². The third-order valence-corrected chi connectivity index (χ3v) is 4.17. The number of hydrogen-bond donors (Lipinski definition) is 3. The Morgan fingerprint density at radius 1 is 0.897 bits per heavy atom. The minimum absolute atomic E-state index is 0.0388. The largest absolute Gasteiger partial charge is 0.416 e. The Balaban J connectivity index is 1.54. The summed E-state index contributed by atoms with van der Waals surface area (Å²) in [5.74, 6) is -1.17. The van der Waals surface area contributed by atoms with Gasteiger partial charge in [0, 0.05) is 24.2 Å². The number of pyridine rings is 1. The van der Waals surface area contributed by atoms with Gasteiger partial charge in [0.05, 0.1) is 5.56 Å². The van der Waals surface area contributed by atoms with Gasteiger partial charge in [-0.3, -0.25) is 14.4 Å². The van der Waals surface area contributed by atoms with Crippen molar-refractivity contribution in [2.24, 2.45) is 0 Å². The van der Waals surface area contributed by atoms with Gasteiger partial charge in [-0.15, -0.1) is 0 Å². The minimum atomic E-state index is -4.47. The highest BCUT2D eigenvalue weighted by Crippen LogP contribution is 2.29. The van der Waals surface area contributed by atoms with Crippen LogP contribution in [-0.4, -0.2) is 29.9 Å². The van der Waals surface area contributed by atoms with Crippen LogP contribution < -0.4 is 16.2 Å². The van der Waals surface area contributed by atoms with Crippen molar-refractivity contribution in [2.75, 3.05) is 13.1 Å². The maximum atomic E-state index is 12.5. The van der Waals surface area contributed by atoms with Crippen LogP contribution in [0, 0.1) is 0 Å². The number of alkyl halides is 3. The second-order valence-corrected chi connectivity index (χ2v) is 6.19. The standard InChI is InChI=1S/C20H16F3N3O3/c21-20(22,23)14-7-5-12(6-8-14)17(27)24-9-10-25-18(28)15-11-13-3-1-2-4-16(13)26-19(15)29/h1-8,11H,9-10H2,(H,24,27)(H,25,28)(H,26,29). The number of fused-ring (bicyclic) bond motifs is 1. The summed E-state index contributed by atoms with van der Waals surface area (Å²) < 4.78 is 37.6. The zero-order valence-electron chi connectivity index (χ0n) is 15.0. The molecule has 0 aliphatic rings. The second-order valence-electron chi connectivity index (χ2n) is 6.19. The number of halogens is 3. The lowest BCUT2D eigenvalue weighted by atomic mass is 10.1. The zero-order valence-corrected chi connectivity index (χ0v) is 15.0. The lowest BCUT2D eigenvalue weighted by molar-refractivity contribution is -0.137. The molecular formula is C20H16F3N3O3. The zero-order chi connectivity index (χ0) is 21.0. The Labute approximate surface area is 162 Å². The summed E-state index contributed by atoms with van der Waals surface area (Å²) in [4.78, 5) is 38.8. The van der Waals surface area contributed by atoms with Crippen LogP contribution in [0.5, 0.6) is 0 Å². The first-order valence-electron chi connectivity index (χ1n) is 8.61. The number of H-pyrrole nitrogens is 1. The van der Waals surface area contributed by atoms with Crippen molar-refractivity contribution in [3.05, 3.63) is 81.6 Å². The maximum Gasteiger partial charge on any atom is 0.416 e. The van der Waals surface area contributed by atoms with Crippen LogP contribution in [0.3, 0.4) is 0 Å². The molecule has 3 rings (SSSR count). The number of para-hydroxylation sites is 1. The molecular weight excluding hydrogens is 387 g/mol. The molecule has 0 aliphatic heterocycles. The van der Waals surface area contributed by atoms with Crippen LogP contribution in [0.1, 0.15) is 26.3 Å². The molecule has 0 unspecified atom stereocenters. The molecule has 0 saturated heterocycles. The lowest BCUT2D eigenvalue weighted by Gasteiger charge is -2.09. The minimum Gasteiger partial charge on any atom is -0.350 e. The van der Waals surface area contributed by atoms with Crippen LogP contribution in [0.15, 0.2) is 59.4 Å². The average molecular weight is 403 g/mol. The van der Waals surface area contributed by atoms with Crippen LogP contribution in [0.4, 0.5) is 13.2 Å². The molecule has 150 valence electrons. The van der Waals surface area contributed by atoms with Gasteiger partial charge in [0.15, 0.2) is 0 Å². The number of nitrogens with one attached hydrogen (secondary N) is 3. The van der Waals surface area contributed by atoms with Crippen LogP contribution in [0.2, 0.25) is 0 Å². The van der Waals surface area contributed by atoms with Gasteiger partial charge in [0.2, 0.25) is 0 Å². The first-order valence-corrected chi connectivity index (χ1v) is 8.61. The molecule has 0 fully saturated rings. The van der Waals surface area contributed by atoms with E-state index in [0.717, 1.165) is 24.3 Å². The normalized spacial score (nSPS) is 11.3. The fourth-order valence-electron chi connectivity index (χ4n) is 2.68. The second kappa shape index (κ2) is 8.17. The van der Waals surface area contributed by atoms with Gasteiger partial charge < -0.3 is 15.6 Å². The quantitative estimate of drug-likeness (QED) is 0.572. The molecule has 3 aromatic rings. The molecule has 0 radical (unpaired) electrons. The van der Waals surface area contributed by atoms with Gasteiger partial charge in [0.1, 0.15) is 5.56 Å². The predicted molar refractivity (Wildman–Crippen MR) is 101 cm³/mol. The molecule has 0 bridgehead atoms. The summed E-state index contributed by atoms with van der Waals surface area (Å²) in [6.07, 6.45) is -4.47. The molecule has 1 heterocycles. The van der Waals surface area contributed by atoms with E-state index in [1.54, 1.807) is 24.3 Å². The molecule has 0 saturated carbocycles. The number of aromatic nitrogens is 1. The van der Waals surface area contributed by atoms with Crippen molar-refractivity contribution in [3.8, 4) is 0 Å². The SMILES string of the molecule is O=C(NCCNC(=O)c1cc2ccccc2[nH]c1=O)c1ccc(C(F)(F)F)cc1. The number of carbonyl (C=O) groups is 2. The third kappa shape index (κ3) is 4.81. The van der Waals surface area contributed by atoms with Gasteiger partial charge >= 0.3 is 6.18 Å². The number of carbonyl (C=O) groups excluding carboxylic acids is 2. The van der Waals surface area contributed by atoms with Crippen molar-refractivity contribution in [2.45, 2.75) is 6.18 Å². The molecule has 0 spiro atoms. The smallest absolute Gasteiger partial charge is 0.350 e. The van der Waals surface area contributed by atoms with E-state index in [1.807, 2.05) is 0 Å². The number of aromatic amines is 1. The molecule has 3 N–H and O–H groups in total. The first kappa shape index (κ1) is 20.1. The van der Waals surface area contributed by atoms with E-state index in [4.69, 9.17) is 0 Å². The van der Waals surface area contributed by atoms with E-state index in [9.17, 15) is 27.6 Å². The molecule has 1 aromatic heterocycles. The van der Waals surface area contributed by atoms with Gasteiger partial charge in [0.25, 0.3) is 17.4 Å². The number of amides is 2. The number of rotatable bonds is 5. The molecule has 6 nitrogen and oxygen atoms in total. The van der Waals surface area contributed by atoms with E-state index < -0.39 is 29.1 Å². The average Bonchev–Trinajstić information content (AvgIpc) is 2.69. The molecule has 2 aromatic carbocycles. The summed E-state index contributed by atoms with van der Waals surface area (Å²) in [7, 11) is 0. The van der Waals surface area contributed by atoms with E-state index in [2.05, 4.69) is 15.6 Å². The highest BCUT2D eigenvalue weighted by molar-refractivity contribution is 5.97. The van der Waals surface area contributed by atoms with Gasteiger partial charge in [-0.1, -0.05) is 18.2 Å². The monoisotopic (exact) mass is 403 g/mol. The van der Waals surface area contributed by atoms with Gasteiger partial charge in [-0.05, 0) is 41.8 Å². The van der Waals surface area contributed by atoms with Crippen molar-refractivity contribution < 1.29 is 22.8 Å². The summed E-state index contributed by atoms with van der Waals surface area (Å²) >= 11 is 0. The van der Waals surface area contributed by atoms with Crippen LogP contribution >= 0.6 is 0 Å². The van der Waals surface area contributed by atoms with Gasteiger partial charge in [-0.2, -0.15) is 13.2 Å². The third-order valence-electron chi connectivity index (χ3n) is 4.17. The maximum absolute atomic E-state index is 12.5. The Morgan fingerprint density at radius 3 is 2.17 bits per heavy atom. The van der Waals surface area contributed by atoms with E-state index in [1.165, 1.54) is 6.07 Å². The van der Waals surface area contributed by atoms with E-state index >= 15 is 0 Å². The summed E-state index contributed by atoms with van der Waals surface area (Å²) in [6, 6.07) is 12.3. The Hall–Kier alpha value is -3.62. The molecule has 0 atom stereocenters. The fourth-order valence-corrected chi connectivity index (χ4v) is 2.68. The Kier molecular flexibility index (Phi) is 5.67. The van der Waals surface area contributed by atoms with Crippen molar-refractivity contribution >= 4 is 22.7 Å². The highest BCUT2D eigenvalue weighted by atomic mass is 19.4. The van der Waals surface area contributed by atoms with Crippen LogP contribution in [0.25, 0.3) is 10.9 Å². The summed E-state index contributed by atoms with van der Waals surface area (Å²) in [6.45, 7) is 0.0779. The van der Waals surface area contributed by atoms with E-state index in [0.29, 0.717) is 10.9 Å². The molecule has 2 amide bonds. The Bertz CT molecular complexity index is 1110. The van der Waals surface area contributed by atoms with E-state index in [-0.39, 0.29) is 24.2 Å². The Morgan fingerprint density at radius 2 is 1.52 bits per heavy atom. The lowest BCUT2D eigenvalue weighted by Crippen LogP contribution is -2.36. The highest BCUT2D eigenvalue weighted by Gasteiger charge is 2.30. The van der Waals surface area contributed by atoms with Crippen LogP contribution in [-0.2, 0) is 6.18 Å². The number of benzene rings is 2. The molecule has 0 aliphatic carbocycles. The molecule has 29 heavy (non-hydrogen) atoms. The van der Waals surface area contributed by atoms with Gasteiger partial charge in [-0.25, -0.2) is 0 Å². The number of hydrogen-bond acceptors (Lipinski definition) is 3. The first-order chi connectivity index (χ1) is 13.8. The fraction of sp³-hybridized carbons (Fsp3) is 0.150. The van der Waals surface area contributed by atoms with Crippen molar-refractivity contribution in [3.63, 3.8) is 0 Å². The summed E-state index contributed by atoms with van der Waals surface area (Å²) in [5, 5.41) is 5.71. The predicted octanol–water partition coefficient (Wildman–Crippen LogP) is 2.71. The van der Waals surface area contributed by atoms with Crippen molar-refractivity contribution in [1.82, 2.24) is 15.6 Å².